The van der Waals surface area contributed by atoms with Gasteiger partial charge in [-0.25, -0.2) is 0 Å². The van der Waals surface area contributed by atoms with Gasteiger partial charge in [-0.05, 0) is 38.6 Å². The van der Waals surface area contributed by atoms with Gasteiger partial charge >= 0.3 is 0 Å². The molecule has 92 valence electrons. The molecule has 0 aromatic rings. The van der Waals surface area contributed by atoms with Gasteiger partial charge in [-0.3, -0.25) is 4.79 Å². The first-order valence-corrected chi connectivity index (χ1v) is 6.78. The van der Waals surface area contributed by atoms with Gasteiger partial charge in [0.15, 0.2) is 0 Å². The molecule has 1 aliphatic heterocycles. The van der Waals surface area contributed by atoms with E-state index < -0.39 is 0 Å². The molecule has 2 atom stereocenters. The van der Waals surface area contributed by atoms with Crippen molar-refractivity contribution in [1.29, 1.82) is 0 Å². The SMILES string of the molecule is CC1NCCCC1NC(=O)CCC1CCC1. The van der Waals surface area contributed by atoms with Crippen LogP contribution in [0.3, 0.4) is 0 Å². The van der Waals surface area contributed by atoms with Crippen LogP contribution in [-0.2, 0) is 4.79 Å². The number of hydrogen-bond acceptors (Lipinski definition) is 2. The van der Waals surface area contributed by atoms with Crippen molar-refractivity contribution in [3.8, 4) is 0 Å². The van der Waals surface area contributed by atoms with Crippen molar-refractivity contribution in [2.24, 2.45) is 5.92 Å². The Morgan fingerprint density at radius 2 is 2.12 bits per heavy atom. The fourth-order valence-electron chi connectivity index (χ4n) is 2.64. The van der Waals surface area contributed by atoms with Crippen molar-refractivity contribution in [2.75, 3.05) is 6.54 Å². The average molecular weight is 224 g/mol. The number of carbonyl (C=O) groups is 1. The summed E-state index contributed by atoms with van der Waals surface area (Å²) in [5.74, 6) is 1.10. The molecule has 1 amide bonds. The van der Waals surface area contributed by atoms with Gasteiger partial charge in [0.2, 0.25) is 5.91 Å². The molecule has 2 N–H and O–H groups in total. The minimum Gasteiger partial charge on any atom is -0.352 e. The van der Waals surface area contributed by atoms with E-state index in [1.165, 1.54) is 25.7 Å². The summed E-state index contributed by atoms with van der Waals surface area (Å²) in [7, 11) is 0. The Morgan fingerprint density at radius 1 is 1.31 bits per heavy atom. The molecule has 0 aromatic heterocycles. The third-order valence-electron chi connectivity index (χ3n) is 4.11. The molecule has 0 radical (unpaired) electrons. The van der Waals surface area contributed by atoms with Crippen LogP contribution in [0, 0.1) is 5.92 Å². The Morgan fingerprint density at radius 3 is 2.75 bits per heavy atom. The second kappa shape index (κ2) is 5.67. The Hall–Kier alpha value is -0.570. The summed E-state index contributed by atoms with van der Waals surface area (Å²) in [6.07, 6.45) is 8.19. The van der Waals surface area contributed by atoms with Gasteiger partial charge in [-0.2, -0.15) is 0 Å². The fraction of sp³-hybridized carbons (Fsp3) is 0.923. The van der Waals surface area contributed by atoms with E-state index in [-0.39, 0.29) is 5.91 Å². The lowest BCUT2D eigenvalue weighted by Crippen LogP contribution is -2.51. The van der Waals surface area contributed by atoms with Gasteiger partial charge in [-0.15, -0.1) is 0 Å². The minimum atomic E-state index is 0.257. The van der Waals surface area contributed by atoms with Crippen LogP contribution in [0.5, 0.6) is 0 Å². The maximum atomic E-state index is 11.8. The number of nitrogens with one attached hydrogen (secondary N) is 2. The number of amides is 1. The Kier molecular flexibility index (Phi) is 4.22. The van der Waals surface area contributed by atoms with Crippen LogP contribution in [0.1, 0.15) is 51.9 Å². The molecule has 2 unspecified atom stereocenters. The summed E-state index contributed by atoms with van der Waals surface area (Å²) in [5, 5.41) is 6.58. The monoisotopic (exact) mass is 224 g/mol. The normalized spacial score (nSPS) is 30.8. The van der Waals surface area contributed by atoms with Gasteiger partial charge in [-0.1, -0.05) is 19.3 Å². The topological polar surface area (TPSA) is 41.1 Å². The third kappa shape index (κ3) is 3.21. The second-order valence-electron chi connectivity index (χ2n) is 5.39. The van der Waals surface area contributed by atoms with Crippen LogP contribution < -0.4 is 10.6 Å². The van der Waals surface area contributed by atoms with E-state index in [1.807, 2.05) is 0 Å². The predicted octanol–water partition coefficient (Wildman–Crippen LogP) is 1.82. The molecule has 1 saturated heterocycles. The first-order valence-electron chi connectivity index (χ1n) is 6.78. The highest BCUT2D eigenvalue weighted by Crippen LogP contribution is 2.30. The molecule has 3 heteroatoms. The van der Waals surface area contributed by atoms with Crippen LogP contribution in [-0.4, -0.2) is 24.5 Å². The lowest BCUT2D eigenvalue weighted by Gasteiger charge is -2.31. The summed E-state index contributed by atoms with van der Waals surface area (Å²) in [5.41, 5.74) is 0. The van der Waals surface area contributed by atoms with Crippen LogP contribution in [0.25, 0.3) is 0 Å². The van der Waals surface area contributed by atoms with Crippen molar-refractivity contribution < 1.29 is 4.79 Å². The molecule has 0 aromatic carbocycles. The Bertz CT molecular complexity index is 238. The highest BCUT2D eigenvalue weighted by atomic mass is 16.1. The van der Waals surface area contributed by atoms with Gasteiger partial charge in [0.25, 0.3) is 0 Å². The first kappa shape index (κ1) is 11.9. The van der Waals surface area contributed by atoms with E-state index in [0.29, 0.717) is 12.1 Å². The molecule has 1 saturated carbocycles. The van der Waals surface area contributed by atoms with Gasteiger partial charge in [0.1, 0.15) is 0 Å². The maximum absolute atomic E-state index is 11.8. The van der Waals surface area contributed by atoms with E-state index in [9.17, 15) is 4.79 Å². The van der Waals surface area contributed by atoms with E-state index in [2.05, 4.69) is 17.6 Å². The quantitative estimate of drug-likeness (QED) is 0.765. The van der Waals surface area contributed by atoms with Crippen LogP contribution >= 0.6 is 0 Å². The van der Waals surface area contributed by atoms with Crippen molar-refractivity contribution >= 4 is 5.91 Å². The number of rotatable bonds is 4. The molecular weight excluding hydrogens is 200 g/mol. The minimum absolute atomic E-state index is 0.257. The predicted molar refractivity (Wildman–Crippen MR) is 65.2 cm³/mol. The highest BCUT2D eigenvalue weighted by Gasteiger charge is 2.23. The molecule has 0 spiro atoms. The molecule has 0 bridgehead atoms. The Labute approximate surface area is 98.4 Å². The number of hydrogen-bond donors (Lipinski definition) is 2. The van der Waals surface area contributed by atoms with Crippen molar-refractivity contribution in [3.05, 3.63) is 0 Å². The maximum Gasteiger partial charge on any atom is 0.220 e. The van der Waals surface area contributed by atoms with Crippen LogP contribution in [0.15, 0.2) is 0 Å². The molecule has 1 heterocycles. The van der Waals surface area contributed by atoms with Crippen LogP contribution in [0.4, 0.5) is 0 Å². The molecule has 2 fully saturated rings. The van der Waals surface area contributed by atoms with Crippen molar-refractivity contribution in [3.63, 3.8) is 0 Å². The summed E-state index contributed by atoms with van der Waals surface area (Å²) >= 11 is 0. The standard InChI is InChI=1S/C13H24N2O/c1-10-12(6-3-9-14-10)15-13(16)8-7-11-4-2-5-11/h10-12,14H,2-9H2,1H3,(H,15,16). The summed E-state index contributed by atoms with van der Waals surface area (Å²) < 4.78 is 0. The van der Waals surface area contributed by atoms with Gasteiger partial charge < -0.3 is 10.6 Å². The van der Waals surface area contributed by atoms with Crippen LogP contribution in [0.2, 0.25) is 0 Å². The zero-order valence-corrected chi connectivity index (χ0v) is 10.3. The summed E-state index contributed by atoms with van der Waals surface area (Å²) in [6.45, 7) is 3.26. The average Bonchev–Trinajstić information content (AvgIpc) is 2.19. The molecule has 2 aliphatic rings. The zero-order valence-electron chi connectivity index (χ0n) is 10.3. The molecule has 1 aliphatic carbocycles. The van der Waals surface area contributed by atoms with E-state index >= 15 is 0 Å². The molecular formula is C13H24N2O. The summed E-state index contributed by atoms with van der Waals surface area (Å²) in [4.78, 5) is 11.8. The molecule has 2 rings (SSSR count). The zero-order chi connectivity index (χ0) is 11.4. The molecule has 16 heavy (non-hydrogen) atoms. The number of piperidine rings is 1. The largest absolute Gasteiger partial charge is 0.352 e. The van der Waals surface area contributed by atoms with Crippen molar-refractivity contribution in [2.45, 2.75) is 64.0 Å². The highest BCUT2D eigenvalue weighted by molar-refractivity contribution is 5.76. The van der Waals surface area contributed by atoms with E-state index in [4.69, 9.17) is 0 Å². The fourth-order valence-corrected chi connectivity index (χ4v) is 2.64. The van der Waals surface area contributed by atoms with E-state index in [0.717, 1.165) is 31.7 Å². The number of carbonyl (C=O) groups excluding carboxylic acids is 1. The first-order chi connectivity index (χ1) is 7.75. The van der Waals surface area contributed by atoms with E-state index in [1.54, 1.807) is 0 Å². The van der Waals surface area contributed by atoms with Crippen molar-refractivity contribution in [1.82, 2.24) is 10.6 Å². The smallest absolute Gasteiger partial charge is 0.220 e. The van der Waals surface area contributed by atoms with Gasteiger partial charge in [0, 0.05) is 18.5 Å². The third-order valence-corrected chi connectivity index (χ3v) is 4.11. The Balaban J connectivity index is 1.64. The van der Waals surface area contributed by atoms with Gasteiger partial charge in [0.05, 0.1) is 0 Å². The lowest BCUT2D eigenvalue weighted by atomic mass is 9.82. The lowest BCUT2D eigenvalue weighted by molar-refractivity contribution is -0.122. The molecule has 3 nitrogen and oxygen atoms in total. The summed E-state index contributed by atoms with van der Waals surface area (Å²) in [6, 6.07) is 0.782. The second-order valence-corrected chi connectivity index (χ2v) is 5.39.